The molecule has 9 saturated carbocycles. The Labute approximate surface area is 492 Å². The van der Waals surface area contributed by atoms with Crippen LogP contribution in [0.15, 0.2) is 34.9 Å². The summed E-state index contributed by atoms with van der Waals surface area (Å²) in [5.74, 6) is 7.72. The molecule has 71 heavy (non-hydrogen) atoms. The van der Waals surface area contributed by atoms with Gasteiger partial charge in [0.1, 0.15) is 0 Å². The third kappa shape index (κ3) is 11.1. The molecule has 0 bridgehead atoms. The minimum absolute atomic E-state index is 0. The average Bonchev–Trinajstić information content (AvgIpc) is 3.88. The summed E-state index contributed by atoms with van der Waals surface area (Å²) in [6.07, 6.45) is 32.1. The van der Waals surface area contributed by atoms with E-state index in [1.165, 1.54) is 93.8 Å². The van der Waals surface area contributed by atoms with Gasteiger partial charge in [0.15, 0.2) is 17.3 Å². The fraction of sp³-hybridized carbons (Fsp3) is 0.842. The molecule has 0 heterocycles. The number of fused-ring (bicyclic) bond motifs is 15. The summed E-state index contributed by atoms with van der Waals surface area (Å²) in [6.45, 7) is 14.3. The number of aliphatic hydroxyl groups is 3. The van der Waals surface area contributed by atoms with Gasteiger partial charge in [0.05, 0.1) is 18.3 Å². The van der Waals surface area contributed by atoms with Gasteiger partial charge in [-0.25, -0.2) is 0 Å². The number of allylic oxidation sites excluding steroid dienone is 3. The summed E-state index contributed by atoms with van der Waals surface area (Å²) < 4.78 is 8.55. The molecule has 3 N–H and O–H groups in total. The monoisotopic (exact) mass is 1030 g/mol. The molecule has 7 unspecified atom stereocenters. The fourth-order valence-electron chi connectivity index (χ4n) is 19.6. The number of ketones is 3. The predicted octanol–water partition coefficient (Wildman–Crippen LogP) is -0.175. The van der Waals surface area contributed by atoms with Crippen LogP contribution in [0.25, 0.3) is 0 Å². The second-order valence-electron chi connectivity index (χ2n) is 26.3. The summed E-state index contributed by atoms with van der Waals surface area (Å²) >= 11 is 0. The maximum atomic E-state index is 11.8. The first-order chi connectivity index (χ1) is 31.8. The van der Waals surface area contributed by atoms with Gasteiger partial charge in [-0.15, -0.1) is 0 Å². The van der Waals surface area contributed by atoms with Gasteiger partial charge in [0.2, 0.25) is 0 Å². The van der Waals surface area contributed by atoms with Crippen molar-refractivity contribution < 1.29 is 138 Å². The van der Waals surface area contributed by atoms with Gasteiger partial charge < -0.3 is 34.6 Å². The Kier molecular flexibility index (Phi) is 19.7. The molecular weight excluding hydrogens is 945 g/mol. The maximum absolute atomic E-state index is 11.8. The number of hydrogen-bond acceptors (Lipinski definition) is 10. The van der Waals surface area contributed by atoms with Crippen molar-refractivity contribution in [2.24, 2.45) is 85.8 Å². The molecule has 0 saturated heterocycles. The van der Waals surface area contributed by atoms with E-state index in [0.29, 0.717) is 35.1 Å². The van der Waals surface area contributed by atoms with Crippen molar-refractivity contribution in [3.05, 3.63) is 34.9 Å². The molecule has 0 spiro atoms. The van der Waals surface area contributed by atoms with E-state index in [4.69, 9.17) is 19.2 Å². The molecule has 9 fully saturated rings. The Bertz CT molecular complexity index is 1930. The van der Waals surface area contributed by atoms with Crippen LogP contribution in [0.2, 0.25) is 0 Å². The molecule has 380 valence electrons. The van der Waals surface area contributed by atoms with Gasteiger partial charge >= 0.3 is 88.7 Å². The first-order valence-electron chi connectivity index (χ1n) is 27.3. The van der Waals surface area contributed by atoms with E-state index in [1.807, 2.05) is 18.2 Å². The number of carbonyl (C=O) groups excluding carboxylic acids is 3. The quantitative estimate of drug-likeness (QED) is 0.217. The summed E-state index contributed by atoms with van der Waals surface area (Å²) in [7, 11) is -5.39. The van der Waals surface area contributed by atoms with Gasteiger partial charge in [0, 0.05) is 19.3 Å². The van der Waals surface area contributed by atoms with Crippen LogP contribution < -0.4 is 103 Å². The first kappa shape index (κ1) is 61.4. The van der Waals surface area contributed by atoms with Crippen molar-refractivity contribution in [1.29, 1.82) is 0 Å². The van der Waals surface area contributed by atoms with Crippen LogP contribution in [-0.4, -0.2) is 51.0 Å². The van der Waals surface area contributed by atoms with Gasteiger partial charge in [-0.1, -0.05) is 58.3 Å². The smallest absolute Gasteiger partial charge is 0.822 e. The molecule has 12 aliphatic carbocycles. The molecular formula is C57H84Na3O10P. The fourth-order valence-corrected chi connectivity index (χ4v) is 19.6. The Hall–Kier alpha value is 1.22. The summed E-state index contributed by atoms with van der Waals surface area (Å²) in [4.78, 5) is 61.0. The van der Waals surface area contributed by atoms with Gasteiger partial charge in [0.25, 0.3) is 0 Å². The van der Waals surface area contributed by atoms with Crippen LogP contribution in [0, 0.1) is 85.8 Å². The van der Waals surface area contributed by atoms with E-state index in [1.54, 1.807) is 0 Å². The Morgan fingerprint density at radius 2 is 0.634 bits per heavy atom. The zero-order valence-electron chi connectivity index (χ0n) is 45.3. The Morgan fingerprint density at radius 1 is 0.394 bits per heavy atom. The predicted molar refractivity (Wildman–Crippen MR) is 256 cm³/mol. The zero-order valence-corrected chi connectivity index (χ0v) is 52.2. The molecule has 14 heteroatoms. The molecule has 12 aliphatic rings. The van der Waals surface area contributed by atoms with Crippen LogP contribution in [0.5, 0.6) is 0 Å². The van der Waals surface area contributed by atoms with E-state index in [0.717, 1.165) is 113 Å². The number of aliphatic hydroxyl groups excluding tert-OH is 3. The molecule has 0 amide bonds. The number of hydrogen-bond donors (Lipinski definition) is 3. The van der Waals surface area contributed by atoms with Gasteiger partial charge in [-0.3, -0.25) is 14.4 Å². The molecule has 0 radical (unpaired) electrons. The second kappa shape index (κ2) is 22.8. The van der Waals surface area contributed by atoms with Gasteiger partial charge in [-0.2, -0.15) is 7.82 Å². The van der Waals surface area contributed by atoms with E-state index in [9.17, 15) is 29.7 Å². The van der Waals surface area contributed by atoms with Crippen molar-refractivity contribution in [2.75, 3.05) is 0 Å². The number of carbonyl (C=O) groups is 3. The summed E-state index contributed by atoms with van der Waals surface area (Å²) in [5.41, 5.74) is 5.66. The molecule has 0 aromatic rings. The van der Waals surface area contributed by atoms with Crippen molar-refractivity contribution in [2.45, 2.75) is 214 Å². The van der Waals surface area contributed by atoms with Crippen LogP contribution in [0.3, 0.4) is 0 Å². The third-order valence-electron chi connectivity index (χ3n) is 23.7. The largest absolute Gasteiger partial charge is 1.00 e. The Balaban J connectivity index is 0.000000163. The van der Waals surface area contributed by atoms with Crippen molar-refractivity contribution >= 4 is 25.2 Å². The van der Waals surface area contributed by atoms with E-state index >= 15 is 0 Å². The van der Waals surface area contributed by atoms with Crippen molar-refractivity contribution in [3.63, 3.8) is 0 Å². The second-order valence-corrected chi connectivity index (χ2v) is 27.2. The summed E-state index contributed by atoms with van der Waals surface area (Å²) in [6, 6.07) is 0. The molecule has 18 atom stereocenters. The van der Waals surface area contributed by atoms with Crippen molar-refractivity contribution in [3.8, 4) is 0 Å². The standard InChI is InChI=1S/3C19H28O2.3Na.H3O4P/c3*1-18-9-7-13(20)11-12(18)3-4-14-15-5-6-17(21)19(15,2)10-8-16(14)18;;;;1-5(2,3)4/h3*11,14-17,21H,3-10H2,1-2H3;;;;(H3,1,2,3,4)/q;;;3*+1;/p-3/t2*14?,15?,16?,17-,18-,19-;14-,15?,16-,17+,18+,19+;;;;/m001..../s1. The minimum atomic E-state index is -5.39. The van der Waals surface area contributed by atoms with Gasteiger partial charge in [-0.05, 0) is 239 Å². The molecule has 0 aliphatic heterocycles. The zero-order chi connectivity index (χ0) is 49.0. The molecule has 10 nitrogen and oxygen atoms in total. The molecule has 0 aromatic carbocycles. The van der Waals surface area contributed by atoms with Crippen LogP contribution >= 0.6 is 7.82 Å². The van der Waals surface area contributed by atoms with Crippen LogP contribution in [0.4, 0.5) is 0 Å². The minimum Gasteiger partial charge on any atom is -0.822 e. The molecule has 0 aromatic heterocycles. The van der Waals surface area contributed by atoms with E-state index in [-0.39, 0.29) is 139 Å². The number of phosphoric acid groups is 1. The number of rotatable bonds is 0. The first-order valence-corrected chi connectivity index (χ1v) is 28.8. The topological polar surface area (TPSA) is 198 Å². The summed E-state index contributed by atoms with van der Waals surface area (Å²) in [5, 5.41) is 31.3. The van der Waals surface area contributed by atoms with E-state index in [2.05, 4.69) is 41.5 Å². The van der Waals surface area contributed by atoms with Crippen LogP contribution in [-0.2, 0) is 18.9 Å². The van der Waals surface area contributed by atoms with E-state index < -0.39 is 7.82 Å². The normalized spacial score (nSPS) is 47.6. The average molecular weight is 1030 g/mol. The molecule has 12 rings (SSSR count). The Morgan fingerprint density at radius 3 is 0.873 bits per heavy atom. The van der Waals surface area contributed by atoms with Crippen LogP contribution in [0.1, 0.15) is 196 Å². The van der Waals surface area contributed by atoms with Crippen molar-refractivity contribution in [1.82, 2.24) is 0 Å². The third-order valence-corrected chi connectivity index (χ3v) is 23.7. The maximum Gasteiger partial charge on any atom is 1.00 e. The SMILES string of the molecule is C[C@]12CCC(=O)C=C1CCC1C2CC[C@@]2(C)C1CC[C@@H]2O.C[C@]12CCC(=O)C=C1CCC1C2CC[C@@]2(C)C1CC[C@@H]2O.C[C@]12CCC(=O)C=C1CC[C@@H]1C3CC[C@H](O)[C@@]3(C)CC[C@H]12.O=P([O-])([O-])[O-].[Na+].[Na+].[Na+].